The van der Waals surface area contributed by atoms with Gasteiger partial charge >= 0.3 is 12.4 Å². The van der Waals surface area contributed by atoms with E-state index in [-0.39, 0.29) is 0 Å². The first-order valence-corrected chi connectivity index (χ1v) is 5.20. The molecule has 1 aromatic heterocycles. The third-order valence-corrected chi connectivity index (χ3v) is 2.67. The van der Waals surface area contributed by atoms with Gasteiger partial charge in [-0.2, -0.15) is 26.3 Å². The van der Waals surface area contributed by atoms with Crippen LogP contribution in [0.25, 0.3) is 11.0 Å². The van der Waals surface area contributed by atoms with Crippen molar-refractivity contribution in [3.8, 4) is 5.75 Å². The van der Waals surface area contributed by atoms with E-state index in [0.29, 0.717) is 6.07 Å². The van der Waals surface area contributed by atoms with E-state index in [1.54, 1.807) is 0 Å². The molecular weight excluding hydrogens is 310 g/mol. The van der Waals surface area contributed by atoms with E-state index in [4.69, 9.17) is 15.3 Å². The van der Waals surface area contributed by atoms with Crippen LogP contribution >= 0.6 is 0 Å². The summed E-state index contributed by atoms with van der Waals surface area (Å²) in [6, 6.07) is 2.16. The zero-order valence-electron chi connectivity index (χ0n) is 9.75. The Morgan fingerprint density at radius 3 is 2.00 bits per heavy atom. The van der Waals surface area contributed by atoms with E-state index in [0.717, 1.165) is 12.1 Å². The van der Waals surface area contributed by atoms with Crippen LogP contribution in [0.5, 0.6) is 5.75 Å². The summed E-state index contributed by atoms with van der Waals surface area (Å²) >= 11 is 0. The molecule has 0 fully saturated rings. The summed E-state index contributed by atoms with van der Waals surface area (Å²) in [7, 11) is 0. The molecule has 21 heavy (non-hydrogen) atoms. The minimum Gasteiger partial charge on any atom is -0.508 e. The first-order chi connectivity index (χ1) is 9.35. The number of furan rings is 1. The van der Waals surface area contributed by atoms with Gasteiger partial charge in [0.1, 0.15) is 11.3 Å². The van der Waals surface area contributed by atoms with Gasteiger partial charge in [-0.15, -0.1) is 0 Å². The average molecular weight is 316 g/mol. The molecule has 0 amide bonds. The second-order valence-electron chi connectivity index (χ2n) is 4.15. The predicted octanol–water partition coefficient (Wildman–Crippen LogP) is 2.86. The minimum absolute atomic E-state index is 0.510. The lowest BCUT2D eigenvalue weighted by Crippen LogP contribution is -2.43. The number of phenols is 1. The number of aromatic hydroxyl groups is 1. The van der Waals surface area contributed by atoms with Crippen LogP contribution in [0.15, 0.2) is 22.6 Å². The fourth-order valence-corrected chi connectivity index (χ4v) is 1.77. The minimum atomic E-state index is -5.81. The van der Waals surface area contributed by atoms with E-state index < -0.39 is 46.2 Å². The summed E-state index contributed by atoms with van der Waals surface area (Å²) in [5.74, 6) is -7.67. The summed E-state index contributed by atoms with van der Waals surface area (Å²) in [5.41, 5.74) is -2.61. The van der Waals surface area contributed by atoms with Crippen molar-refractivity contribution in [1.82, 2.24) is 0 Å². The predicted molar refractivity (Wildman–Crippen MR) is 55.1 cm³/mol. The first kappa shape index (κ1) is 15.4. The lowest BCUT2D eigenvalue weighted by atomic mass is 10.0. The Labute approximate surface area is 111 Å². The summed E-state index contributed by atoms with van der Waals surface area (Å²) in [6.45, 7) is 0. The number of rotatable bonds is 1. The zero-order chi connectivity index (χ0) is 16.2. The van der Waals surface area contributed by atoms with E-state index >= 15 is 0 Å². The molecule has 0 aliphatic rings. The van der Waals surface area contributed by atoms with Crippen molar-refractivity contribution in [2.24, 2.45) is 0 Å². The highest BCUT2D eigenvalue weighted by molar-refractivity contribution is 5.84. The Morgan fingerprint density at radius 2 is 1.52 bits per heavy atom. The van der Waals surface area contributed by atoms with Gasteiger partial charge in [-0.1, -0.05) is 0 Å². The second-order valence-corrected chi connectivity index (χ2v) is 4.15. The molecule has 1 heterocycles. The fraction of sp³-hybridized carbons (Fsp3) is 0.273. The Bertz CT molecular complexity index is 682. The maximum absolute atomic E-state index is 12.8. The Balaban J connectivity index is 2.90. The van der Waals surface area contributed by atoms with Gasteiger partial charge in [0.2, 0.25) is 5.76 Å². The lowest BCUT2D eigenvalue weighted by Gasteiger charge is -2.25. The van der Waals surface area contributed by atoms with Crippen LogP contribution in [-0.4, -0.2) is 21.5 Å². The van der Waals surface area contributed by atoms with Gasteiger partial charge in [-0.3, -0.25) is 0 Å². The summed E-state index contributed by atoms with van der Waals surface area (Å²) in [5, 5.41) is 26.5. The van der Waals surface area contributed by atoms with Crippen molar-refractivity contribution in [1.29, 1.82) is 0 Å². The lowest BCUT2D eigenvalue weighted by molar-refractivity contribution is -0.359. The molecule has 2 rings (SSSR count). The number of phenolic OH excluding ortho intramolecular Hbond substituents is 1. The molecule has 10 heteroatoms. The second kappa shape index (κ2) is 4.28. The number of fused-ring (bicyclic) bond motifs is 1. The molecule has 0 aliphatic heterocycles. The van der Waals surface area contributed by atoms with Crippen molar-refractivity contribution in [3.05, 3.63) is 29.5 Å². The normalized spacial score (nSPS) is 13.9. The van der Waals surface area contributed by atoms with Gasteiger partial charge in [-0.25, -0.2) is 0 Å². The Kier molecular flexibility index (Phi) is 3.15. The van der Waals surface area contributed by atoms with E-state index in [9.17, 15) is 26.3 Å². The highest BCUT2D eigenvalue weighted by Gasteiger charge is 2.59. The SMILES string of the molecule is Oc1ccc2oc(C(F)(F)F)c(C(O)(O)C(F)(F)F)c2c1. The molecule has 0 unspecified atom stereocenters. The molecule has 0 bridgehead atoms. The molecule has 0 saturated heterocycles. The van der Waals surface area contributed by atoms with E-state index in [2.05, 4.69) is 4.42 Å². The largest absolute Gasteiger partial charge is 0.508 e. The van der Waals surface area contributed by atoms with Gasteiger partial charge in [0.25, 0.3) is 5.79 Å². The maximum Gasteiger partial charge on any atom is 0.450 e. The van der Waals surface area contributed by atoms with Crippen LogP contribution < -0.4 is 0 Å². The summed E-state index contributed by atoms with van der Waals surface area (Å²) < 4.78 is 80.4. The smallest absolute Gasteiger partial charge is 0.450 e. The quantitative estimate of drug-likeness (QED) is 0.559. The summed E-state index contributed by atoms with van der Waals surface area (Å²) in [6.07, 6.45) is -11.2. The monoisotopic (exact) mass is 316 g/mol. The van der Waals surface area contributed by atoms with Crippen molar-refractivity contribution >= 4 is 11.0 Å². The summed E-state index contributed by atoms with van der Waals surface area (Å²) in [4.78, 5) is 0. The number of halogens is 6. The fourth-order valence-electron chi connectivity index (χ4n) is 1.77. The van der Waals surface area contributed by atoms with Crippen molar-refractivity contribution in [2.45, 2.75) is 18.1 Å². The van der Waals surface area contributed by atoms with Gasteiger partial charge in [0.15, 0.2) is 0 Å². The molecule has 116 valence electrons. The standard InChI is InChI=1S/C11H6F6O4/c12-10(13,14)8-7(9(19,20)11(15,16)17)5-3-4(18)1-2-6(5)21-8/h1-3,18-20H. The molecule has 3 N–H and O–H groups in total. The van der Waals surface area contributed by atoms with Crippen LogP contribution in [0.2, 0.25) is 0 Å². The molecule has 2 aromatic rings. The molecule has 1 aromatic carbocycles. The number of alkyl halides is 6. The molecule has 0 aliphatic carbocycles. The third-order valence-electron chi connectivity index (χ3n) is 2.67. The topological polar surface area (TPSA) is 73.8 Å². The Morgan fingerprint density at radius 1 is 0.952 bits per heavy atom. The van der Waals surface area contributed by atoms with E-state index in [1.807, 2.05) is 0 Å². The zero-order valence-corrected chi connectivity index (χ0v) is 9.75. The van der Waals surface area contributed by atoms with Crippen molar-refractivity contribution in [3.63, 3.8) is 0 Å². The van der Waals surface area contributed by atoms with Crippen molar-refractivity contribution in [2.75, 3.05) is 0 Å². The van der Waals surface area contributed by atoms with Gasteiger partial charge in [-0.05, 0) is 18.2 Å². The van der Waals surface area contributed by atoms with Crippen molar-refractivity contribution < 1.29 is 46.1 Å². The number of aliphatic hydroxyl groups is 2. The average Bonchev–Trinajstić information content (AvgIpc) is 2.65. The molecule has 0 saturated carbocycles. The number of hydrogen-bond donors (Lipinski definition) is 3. The van der Waals surface area contributed by atoms with Gasteiger partial charge < -0.3 is 19.7 Å². The maximum atomic E-state index is 12.8. The first-order valence-electron chi connectivity index (χ1n) is 5.20. The third kappa shape index (κ3) is 2.40. The molecule has 4 nitrogen and oxygen atoms in total. The molecule has 0 radical (unpaired) electrons. The molecular formula is C11H6F6O4. The van der Waals surface area contributed by atoms with Gasteiger partial charge in [0.05, 0.1) is 5.56 Å². The van der Waals surface area contributed by atoms with Crippen LogP contribution in [0.4, 0.5) is 26.3 Å². The van der Waals surface area contributed by atoms with E-state index in [1.165, 1.54) is 0 Å². The van der Waals surface area contributed by atoms with Gasteiger partial charge in [0, 0.05) is 5.39 Å². The Hall–Kier alpha value is -1.94. The van der Waals surface area contributed by atoms with Crippen LogP contribution in [-0.2, 0) is 12.0 Å². The highest BCUT2D eigenvalue weighted by atomic mass is 19.4. The van der Waals surface area contributed by atoms with Crippen LogP contribution in [0.1, 0.15) is 11.3 Å². The highest BCUT2D eigenvalue weighted by Crippen LogP contribution is 2.47. The number of hydrogen-bond acceptors (Lipinski definition) is 4. The van der Waals surface area contributed by atoms with Crippen LogP contribution in [0.3, 0.4) is 0 Å². The number of benzene rings is 1. The van der Waals surface area contributed by atoms with Crippen LogP contribution in [0, 0.1) is 0 Å². The molecule has 0 atom stereocenters. The molecule has 0 spiro atoms.